The van der Waals surface area contributed by atoms with Crippen molar-refractivity contribution in [2.75, 3.05) is 0 Å². The fourth-order valence-corrected chi connectivity index (χ4v) is 4.55. The molecular weight excluding hydrogens is 366 g/mol. The molecule has 1 amide bonds. The molecule has 29 heavy (non-hydrogen) atoms. The summed E-state index contributed by atoms with van der Waals surface area (Å²) in [4.78, 5) is 37.7. The number of hydrogen-bond acceptors (Lipinski definition) is 4. The average Bonchev–Trinajstić information content (AvgIpc) is 3.21. The van der Waals surface area contributed by atoms with Gasteiger partial charge in [-0.1, -0.05) is 6.42 Å². The summed E-state index contributed by atoms with van der Waals surface area (Å²) in [5.41, 5.74) is 5.49. The zero-order valence-corrected chi connectivity index (χ0v) is 16.7. The van der Waals surface area contributed by atoms with Crippen LogP contribution in [-0.4, -0.2) is 25.4 Å². The number of carbonyl (C=O) groups excluding carboxylic acids is 1. The van der Waals surface area contributed by atoms with E-state index in [-0.39, 0.29) is 18.0 Å². The Morgan fingerprint density at radius 1 is 1.14 bits per heavy atom. The van der Waals surface area contributed by atoms with Gasteiger partial charge in [0.05, 0.1) is 5.56 Å². The number of aromatic amines is 1. The lowest BCUT2D eigenvalue weighted by Gasteiger charge is -2.09. The quantitative estimate of drug-likeness (QED) is 0.718. The number of nitrogens with zero attached hydrogens (tertiary/aromatic N) is 3. The molecule has 0 aromatic carbocycles. The smallest absolute Gasteiger partial charge is 0.253 e. The van der Waals surface area contributed by atoms with Gasteiger partial charge in [0.1, 0.15) is 11.3 Å². The summed E-state index contributed by atoms with van der Waals surface area (Å²) < 4.78 is 2.16. The van der Waals surface area contributed by atoms with Crippen molar-refractivity contribution in [1.29, 1.82) is 0 Å². The highest BCUT2D eigenvalue weighted by Crippen LogP contribution is 2.24. The number of rotatable bonds is 3. The molecule has 0 bridgehead atoms. The average molecular weight is 391 g/mol. The van der Waals surface area contributed by atoms with Crippen LogP contribution in [0.25, 0.3) is 11.2 Å². The minimum absolute atomic E-state index is 0.115. The Morgan fingerprint density at radius 2 is 2.03 bits per heavy atom. The highest BCUT2D eigenvalue weighted by Gasteiger charge is 2.21. The summed E-state index contributed by atoms with van der Waals surface area (Å²) in [6, 6.07) is 3.73. The second-order valence-corrected chi connectivity index (χ2v) is 8.14. The van der Waals surface area contributed by atoms with Gasteiger partial charge in [0, 0.05) is 36.5 Å². The number of fused-ring (bicyclic) bond motifs is 4. The highest BCUT2D eigenvalue weighted by molar-refractivity contribution is 6.04. The van der Waals surface area contributed by atoms with E-state index in [1.54, 1.807) is 6.07 Å². The molecule has 0 radical (unpaired) electrons. The first-order chi connectivity index (χ1) is 14.1. The standard InChI is InChI=1S/C22H25N5O2/c1-13-10-16(19-20(24-13)27-9-4-2-3-8-18(27)26-19)22(29)23-12-15-11-14-6-5-7-17(14)25-21(15)28/h10-11H,2-9,12H2,1H3,(H,23,29)(H,25,28). The molecule has 0 saturated heterocycles. The predicted molar refractivity (Wildman–Crippen MR) is 110 cm³/mol. The lowest BCUT2D eigenvalue weighted by Crippen LogP contribution is -2.27. The van der Waals surface area contributed by atoms with Gasteiger partial charge in [-0.3, -0.25) is 9.59 Å². The first-order valence-corrected chi connectivity index (χ1v) is 10.5. The highest BCUT2D eigenvalue weighted by atomic mass is 16.1. The number of H-pyrrole nitrogens is 1. The fraction of sp³-hybridized carbons (Fsp3) is 0.455. The SMILES string of the molecule is Cc1cc(C(=O)NCc2cc3c([nH]c2=O)CCC3)c2nc3n(c2n1)CCCCC3. The number of pyridine rings is 2. The van der Waals surface area contributed by atoms with Gasteiger partial charge in [-0.15, -0.1) is 0 Å². The number of hydrogen-bond donors (Lipinski definition) is 2. The topological polar surface area (TPSA) is 92.7 Å². The summed E-state index contributed by atoms with van der Waals surface area (Å²) in [6.45, 7) is 3.00. The number of carbonyl (C=O) groups is 1. The summed E-state index contributed by atoms with van der Waals surface area (Å²) in [5, 5.41) is 2.92. The molecule has 2 aliphatic rings. The fourth-order valence-electron chi connectivity index (χ4n) is 4.55. The number of aryl methyl sites for hydroxylation is 5. The zero-order chi connectivity index (χ0) is 20.0. The maximum absolute atomic E-state index is 13.0. The molecule has 4 heterocycles. The molecule has 7 nitrogen and oxygen atoms in total. The van der Waals surface area contributed by atoms with Crippen LogP contribution in [0.3, 0.4) is 0 Å². The maximum atomic E-state index is 13.0. The van der Waals surface area contributed by atoms with Crippen molar-refractivity contribution in [3.05, 3.63) is 56.4 Å². The van der Waals surface area contributed by atoms with Gasteiger partial charge >= 0.3 is 0 Å². The lowest BCUT2D eigenvalue weighted by molar-refractivity contribution is 0.0952. The van der Waals surface area contributed by atoms with Crippen molar-refractivity contribution in [1.82, 2.24) is 24.8 Å². The molecule has 2 N–H and O–H groups in total. The lowest BCUT2D eigenvalue weighted by atomic mass is 10.1. The van der Waals surface area contributed by atoms with Crippen LogP contribution in [0.15, 0.2) is 16.9 Å². The van der Waals surface area contributed by atoms with E-state index in [4.69, 9.17) is 4.98 Å². The van der Waals surface area contributed by atoms with Gasteiger partial charge in [-0.05, 0) is 56.7 Å². The molecule has 0 spiro atoms. The van der Waals surface area contributed by atoms with Crippen molar-refractivity contribution in [2.45, 2.75) is 65.0 Å². The first kappa shape index (κ1) is 18.1. The van der Waals surface area contributed by atoms with Crippen LogP contribution in [0.2, 0.25) is 0 Å². The third kappa shape index (κ3) is 3.24. The molecular formula is C22H25N5O2. The van der Waals surface area contributed by atoms with E-state index in [2.05, 4.69) is 19.9 Å². The minimum atomic E-state index is -0.214. The van der Waals surface area contributed by atoms with Crippen molar-refractivity contribution in [3.8, 4) is 0 Å². The Kier molecular flexibility index (Phi) is 4.45. The third-order valence-corrected chi connectivity index (χ3v) is 6.04. The number of nitrogens with one attached hydrogen (secondary N) is 2. The Bertz CT molecular complexity index is 1170. The summed E-state index contributed by atoms with van der Waals surface area (Å²) >= 11 is 0. The minimum Gasteiger partial charge on any atom is -0.348 e. The van der Waals surface area contributed by atoms with Crippen LogP contribution in [0.4, 0.5) is 0 Å². The second-order valence-electron chi connectivity index (χ2n) is 8.14. The second kappa shape index (κ2) is 7.13. The van der Waals surface area contributed by atoms with Crippen molar-refractivity contribution in [3.63, 3.8) is 0 Å². The molecule has 150 valence electrons. The molecule has 5 rings (SSSR count). The van der Waals surface area contributed by atoms with Crippen molar-refractivity contribution < 1.29 is 4.79 Å². The van der Waals surface area contributed by atoms with Gasteiger partial charge in [-0.2, -0.15) is 0 Å². The van der Waals surface area contributed by atoms with E-state index in [1.165, 1.54) is 12.0 Å². The van der Waals surface area contributed by atoms with Gasteiger partial charge in [0.2, 0.25) is 0 Å². The summed E-state index contributed by atoms with van der Waals surface area (Å²) in [6.07, 6.45) is 7.32. The summed E-state index contributed by atoms with van der Waals surface area (Å²) in [5.74, 6) is 0.799. The Labute approximate surface area is 168 Å². The van der Waals surface area contributed by atoms with E-state index in [9.17, 15) is 9.59 Å². The number of aromatic nitrogens is 4. The van der Waals surface area contributed by atoms with Crippen LogP contribution in [0.5, 0.6) is 0 Å². The van der Waals surface area contributed by atoms with Gasteiger partial charge in [-0.25, -0.2) is 9.97 Å². The largest absolute Gasteiger partial charge is 0.348 e. The molecule has 0 saturated carbocycles. The first-order valence-electron chi connectivity index (χ1n) is 10.5. The Hall–Kier alpha value is -2.96. The maximum Gasteiger partial charge on any atom is 0.253 e. The zero-order valence-electron chi connectivity index (χ0n) is 16.7. The Balaban J connectivity index is 1.45. The van der Waals surface area contributed by atoms with Crippen LogP contribution >= 0.6 is 0 Å². The van der Waals surface area contributed by atoms with Crippen LogP contribution < -0.4 is 10.9 Å². The molecule has 0 fully saturated rings. The van der Waals surface area contributed by atoms with E-state index in [0.717, 1.165) is 67.9 Å². The molecule has 3 aromatic heterocycles. The molecule has 0 atom stereocenters. The van der Waals surface area contributed by atoms with Gasteiger partial charge in [0.15, 0.2) is 5.65 Å². The van der Waals surface area contributed by atoms with E-state index in [1.807, 2.05) is 13.0 Å². The predicted octanol–water partition coefficient (Wildman–Crippen LogP) is 2.57. The monoisotopic (exact) mass is 391 g/mol. The van der Waals surface area contributed by atoms with Crippen LogP contribution in [0.1, 0.15) is 64.4 Å². The molecule has 0 unspecified atom stereocenters. The number of imidazole rings is 1. The van der Waals surface area contributed by atoms with E-state index in [0.29, 0.717) is 16.6 Å². The third-order valence-electron chi connectivity index (χ3n) is 6.04. The van der Waals surface area contributed by atoms with Gasteiger partial charge < -0.3 is 14.9 Å². The molecule has 7 heteroatoms. The Morgan fingerprint density at radius 3 is 2.93 bits per heavy atom. The van der Waals surface area contributed by atoms with Crippen LogP contribution in [0, 0.1) is 6.92 Å². The molecule has 1 aliphatic heterocycles. The molecule has 1 aliphatic carbocycles. The summed E-state index contributed by atoms with van der Waals surface area (Å²) in [7, 11) is 0. The van der Waals surface area contributed by atoms with Gasteiger partial charge in [0.25, 0.3) is 11.5 Å². The van der Waals surface area contributed by atoms with E-state index >= 15 is 0 Å². The molecule has 3 aromatic rings. The normalized spacial score (nSPS) is 15.8. The van der Waals surface area contributed by atoms with Crippen LogP contribution in [-0.2, 0) is 32.4 Å². The van der Waals surface area contributed by atoms with Crippen molar-refractivity contribution >= 4 is 17.1 Å². The van der Waals surface area contributed by atoms with Crippen molar-refractivity contribution in [2.24, 2.45) is 0 Å². The number of amides is 1. The van der Waals surface area contributed by atoms with E-state index < -0.39 is 0 Å².